The van der Waals surface area contributed by atoms with Crippen molar-refractivity contribution in [3.05, 3.63) is 64.1 Å². The van der Waals surface area contributed by atoms with Crippen LogP contribution in [0, 0.1) is 0 Å². The van der Waals surface area contributed by atoms with Gasteiger partial charge < -0.3 is 9.64 Å². The lowest BCUT2D eigenvalue weighted by atomic mass is 10.0. The lowest BCUT2D eigenvalue weighted by molar-refractivity contribution is -0.129. The third-order valence-electron chi connectivity index (χ3n) is 4.71. The maximum absolute atomic E-state index is 12.4. The molecule has 0 bridgehead atoms. The summed E-state index contributed by atoms with van der Waals surface area (Å²) in [5.41, 5.74) is 1.14. The van der Waals surface area contributed by atoms with Gasteiger partial charge in [-0.25, -0.2) is 0 Å². The Hall–Kier alpha value is -1.36. The summed E-state index contributed by atoms with van der Waals surface area (Å²) in [5.74, 6) is 1.01. The van der Waals surface area contributed by atoms with Gasteiger partial charge in [-0.1, -0.05) is 35.3 Å². The Morgan fingerprint density at radius 3 is 2.40 bits per heavy atom. The molecule has 2 aromatic carbocycles. The molecule has 2 aromatic rings. The molecule has 2 fully saturated rings. The van der Waals surface area contributed by atoms with Crippen LogP contribution in [0.4, 0.5) is 0 Å². The van der Waals surface area contributed by atoms with Crippen LogP contribution in [0.25, 0.3) is 0 Å². The molecule has 0 aliphatic carbocycles. The van der Waals surface area contributed by atoms with Gasteiger partial charge in [-0.15, -0.1) is 11.8 Å². The zero-order valence-electron chi connectivity index (χ0n) is 13.5. The predicted molar refractivity (Wildman–Crippen MR) is 102 cm³/mol. The molecule has 0 aromatic heterocycles. The fraction of sp³-hybridized carbons (Fsp3) is 0.316. The number of halogens is 2. The normalized spacial score (nSPS) is 25.3. The highest BCUT2D eigenvalue weighted by molar-refractivity contribution is 8.01. The Morgan fingerprint density at radius 1 is 1.08 bits per heavy atom. The highest BCUT2D eigenvalue weighted by Crippen LogP contribution is 2.55. The Balaban J connectivity index is 1.51. The van der Waals surface area contributed by atoms with Gasteiger partial charge in [-0.2, -0.15) is 0 Å². The highest BCUT2D eigenvalue weighted by Gasteiger charge is 2.53. The maximum atomic E-state index is 12.4. The summed E-state index contributed by atoms with van der Waals surface area (Å²) in [4.78, 5) is 14.1. The molecule has 6 heteroatoms. The summed E-state index contributed by atoms with van der Waals surface area (Å²) in [7, 11) is 0. The highest BCUT2D eigenvalue weighted by atomic mass is 35.5. The molecule has 0 radical (unpaired) electrons. The quantitative estimate of drug-likeness (QED) is 0.734. The number of nitrogens with zero attached hydrogens (tertiary/aromatic N) is 1. The third-order valence-corrected chi connectivity index (χ3v) is 6.88. The molecule has 2 atom stereocenters. The van der Waals surface area contributed by atoms with Crippen molar-refractivity contribution in [2.45, 2.75) is 23.0 Å². The van der Waals surface area contributed by atoms with E-state index in [0.717, 1.165) is 17.7 Å². The fourth-order valence-electron chi connectivity index (χ4n) is 3.52. The molecule has 2 aliphatic rings. The van der Waals surface area contributed by atoms with Gasteiger partial charge in [-0.05, 0) is 48.4 Å². The van der Waals surface area contributed by atoms with Crippen LogP contribution in [0.5, 0.6) is 5.75 Å². The van der Waals surface area contributed by atoms with E-state index in [1.807, 2.05) is 65.2 Å². The van der Waals surface area contributed by atoms with Crippen molar-refractivity contribution in [3.8, 4) is 5.75 Å². The van der Waals surface area contributed by atoms with Crippen molar-refractivity contribution in [3.63, 3.8) is 0 Å². The number of rotatable bonds is 4. The van der Waals surface area contributed by atoms with E-state index in [2.05, 4.69) is 0 Å². The molecule has 1 amide bonds. The predicted octanol–water partition coefficient (Wildman–Crippen LogP) is 4.96. The Kier molecular flexibility index (Phi) is 4.61. The Bertz CT molecular complexity index is 781. The molecule has 0 unspecified atom stereocenters. The lowest BCUT2D eigenvalue weighted by Gasteiger charge is -2.31. The second-order valence-corrected chi connectivity index (χ2v) is 8.75. The summed E-state index contributed by atoms with van der Waals surface area (Å²) >= 11 is 13.8. The van der Waals surface area contributed by atoms with Crippen molar-refractivity contribution in [1.29, 1.82) is 0 Å². The van der Waals surface area contributed by atoms with Crippen molar-refractivity contribution < 1.29 is 9.53 Å². The van der Waals surface area contributed by atoms with Crippen LogP contribution in [0.15, 0.2) is 48.5 Å². The number of fused-ring (bicyclic) bond motifs is 1. The van der Waals surface area contributed by atoms with E-state index in [4.69, 9.17) is 27.9 Å². The SMILES string of the molecule is O=C1CC[C@]2(c3ccc(Cl)cc3)S[C@@H](COc3ccc(Cl)cc3)CN12. The van der Waals surface area contributed by atoms with E-state index >= 15 is 0 Å². The zero-order valence-corrected chi connectivity index (χ0v) is 15.8. The van der Waals surface area contributed by atoms with Crippen LogP contribution in [-0.4, -0.2) is 29.2 Å². The first-order valence-corrected chi connectivity index (χ1v) is 9.83. The number of hydrogen-bond acceptors (Lipinski definition) is 3. The molecule has 4 rings (SSSR count). The average Bonchev–Trinajstić information content (AvgIpc) is 3.13. The van der Waals surface area contributed by atoms with Crippen LogP contribution in [0.2, 0.25) is 10.0 Å². The minimum atomic E-state index is -0.282. The van der Waals surface area contributed by atoms with Gasteiger partial charge in [0.05, 0.1) is 5.25 Å². The van der Waals surface area contributed by atoms with Crippen LogP contribution in [0.1, 0.15) is 18.4 Å². The first kappa shape index (κ1) is 17.1. The van der Waals surface area contributed by atoms with Crippen LogP contribution < -0.4 is 4.74 Å². The minimum Gasteiger partial charge on any atom is -0.492 e. The van der Waals surface area contributed by atoms with E-state index in [1.54, 1.807) is 0 Å². The molecule has 0 spiro atoms. The Labute approximate surface area is 161 Å². The van der Waals surface area contributed by atoms with Crippen molar-refractivity contribution in [1.82, 2.24) is 4.90 Å². The summed E-state index contributed by atoms with van der Waals surface area (Å²) in [6.45, 7) is 1.27. The molecule has 2 saturated heterocycles. The maximum Gasteiger partial charge on any atom is 0.224 e. The van der Waals surface area contributed by atoms with Crippen molar-refractivity contribution >= 4 is 40.9 Å². The number of hydrogen-bond donors (Lipinski definition) is 0. The average molecular weight is 394 g/mol. The number of benzene rings is 2. The van der Waals surface area contributed by atoms with E-state index in [0.29, 0.717) is 29.6 Å². The van der Waals surface area contributed by atoms with Crippen molar-refractivity contribution in [2.24, 2.45) is 0 Å². The van der Waals surface area contributed by atoms with Crippen LogP contribution in [0.3, 0.4) is 0 Å². The van der Waals surface area contributed by atoms with Crippen LogP contribution in [-0.2, 0) is 9.67 Å². The van der Waals surface area contributed by atoms with Gasteiger partial charge in [0.2, 0.25) is 5.91 Å². The molecule has 2 aliphatic heterocycles. The van der Waals surface area contributed by atoms with E-state index in [1.165, 1.54) is 0 Å². The van der Waals surface area contributed by atoms with Gasteiger partial charge in [-0.3, -0.25) is 4.79 Å². The lowest BCUT2D eigenvalue weighted by Crippen LogP contribution is -2.36. The van der Waals surface area contributed by atoms with E-state index < -0.39 is 0 Å². The number of amides is 1. The number of carbonyl (C=O) groups excluding carboxylic acids is 1. The number of thioether (sulfide) groups is 1. The molecule has 0 N–H and O–H groups in total. The van der Waals surface area contributed by atoms with Gasteiger partial charge in [0.25, 0.3) is 0 Å². The molecule has 25 heavy (non-hydrogen) atoms. The molecule has 3 nitrogen and oxygen atoms in total. The third kappa shape index (κ3) is 3.23. The monoisotopic (exact) mass is 393 g/mol. The second-order valence-electron chi connectivity index (χ2n) is 6.30. The smallest absolute Gasteiger partial charge is 0.224 e. The largest absolute Gasteiger partial charge is 0.492 e. The molecule has 130 valence electrons. The summed E-state index contributed by atoms with van der Waals surface area (Å²) in [5, 5.41) is 1.63. The molecular formula is C19H17Cl2NO2S. The molecule has 0 saturated carbocycles. The summed E-state index contributed by atoms with van der Waals surface area (Å²) in [6.07, 6.45) is 1.43. The van der Waals surface area contributed by atoms with E-state index in [9.17, 15) is 4.79 Å². The fourth-order valence-corrected chi connectivity index (χ4v) is 5.48. The topological polar surface area (TPSA) is 29.5 Å². The standard InChI is InChI=1S/C19H17Cl2NO2S/c20-14-3-1-13(2-4-14)19-10-9-18(23)22(19)11-17(25-19)12-24-16-7-5-15(21)6-8-16/h1-8,17H,9-12H2/t17-,19-/m1/s1. The first-order valence-electron chi connectivity index (χ1n) is 8.19. The second kappa shape index (κ2) is 6.75. The van der Waals surface area contributed by atoms with Crippen molar-refractivity contribution in [2.75, 3.05) is 13.2 Å². The first-order chi connectivity index (χ1) is 12.1. The van der Waals surface area contributed by atoms with Gasteiger partial charge in [0, 0.05) is 23.0 Å². The van der Waals surface area contributed by atoms with E-state index in [-0.39, 0.29) is 16.0 Å². The van der Waals surface area contributed by atoms with Gasteiger partial charge in [0.15, 0.2) is 0 Å². The van der Waals surface area contributed by atoms with Gasteiger partial charge in [0.1, 0.15) is 17.2 Å². The molecule has 2 heterocycles. The van der Waals surface area contributed by atoms with Crippen LogP contribution >= 0.6 is 35.0 Å². The minimum absolute atomic E-state index is 0.219. The number of ether oxygens (including phenoxy) is 1. The summed E-state index contributed by atoms with van der Waals surface area (Å²) in [6, 6.07) is 15.2. The molecular weight excluding hydrogens is 377 g/mol. The Morgan fingerprint density at radius 2 is 1.72 bits per heavy atom. The zero-order chi connectivity index (χ0) is 17.4. The summed E-state index contributed by atoms with van der Waals surface area (Å²) < 4.78 is 5.91. The number of carbonyl (C=O) groups is 1. The van der Waals surface area contributed by atoms with Gasteiger partial charge >= 0.3 is 0 Å².